The Kier molecular flexibility index (Phi) is 12.3. The standard InChI is InChI=1S/C39H54N4O3/c1-37(2,3)31-16-10-28(11-17-31)34(44)40-22-25-43(26-23-41-35(45)29-12-18-32(19-13-29)38(4,5)6)27-24-42-36(46)30-14-20-33(21-15-30)39(7,8)9/h10-21H,22-27H2,1-9H3,(H,40,44)(H,41,45)(H,42,46). The Morgan fingerprint density at radius 3 is 0.848 bits per heavy atom. The van der Waals surface area contributed by atoms with Crippen LogP contribution in [-0.4, -0.2) is 61.9 Å². The van der Waals surface area contributed by atoms with Crippen molar-refractivity contribution in [2.75, 3.05) is 39.3 Å². The molecule has 0 fully saturated rings. The molecular formula is C39H54N4O3. The van der Waals surface area contributed by atoms with Crippen LogP contribution in [0.2, 0.25) is 0 Å². The number of nitrogens with one attached hydrogen (secondary N) is 3. The number of carbonyl (C=O) groups excluding carboxylic acids is 3. The molecule has 0 atom stereocenters. The van der Waals surface area contributed by atoms with E-state index in [0.29, 0.717) is 56.0 Å². The topological polar surface area (TPSA) is 90.5 Å². The van der Waals surface area contributed by atoms with Crippen LogP contribution in [-0.2, 0) is 16.2 Å². The molecule has 248 valence electrons. The molecule has 3 aromatic rings. The number of rotatable bonds is 12. The van der Waals surface area contributed by atoms with Gasteiger partial charge in [-0.2, -0.15) is 0 Å². The van der Waals surface area contributed by atoms with Gasteiger partial charge in [-0.1, -0.05) is 98.7 Å². The highest BCUT2D eigenvalue weighted by molar-refractivity contribution is 5.95. The summed E-state index contributed by atoms with van der Waals surface area (Å²) < 4.78 is 0. The number of hydrogen-bond donors (Lipinski definition) is 3. The molecule has 3 amide bonds. The summed E-state index contributed by atoms with van der Waals surface area (Å²) >= 11 is 0. The lowest BCUT2D eigenvalue weighted by atomic mass is 9.86. The van der Waals surface area contributed by atoms with Crippen molar-refractivity contribution in [1.29, 1.82) is 0 Å². The molecule has 0 spiro atoms. The predicted octanol–water partition coefficient (Wildman–Crippen LogP) is 6.47. The van der Waals surface area contributed by atoms with E-state index in [4.69, 9.17) is 0 Å². The molecule has 7 heteroatoms. The molecule has 0 radical (unpaired) electrons. The first kappa shape index (κ1) is 36.5. The van der Waals surface area contributed by atoms with Gasteiger partial charge in [0.15, 0.2) is 0 Å². The highest BCUT2D eigenvalue weighted by Gasteiger charge is 2.17. The summed E-state index contributed by atoms with van der Waals surface area (Å²) in [5, 5.41) is 9.05. The highest BCUT2D eigenvalue weighted by Crippen LogP contribution is 2.24. The molecule has 0 heterocycles. The molecule has 3 N–H and O–H groups in total. The third kappa shape index (κ3) is 11.1. The minimum atomic E-state index is -0.126. The molecule has 0 aliphatic rings. The maximum atomic E-state index is 12.8. The summed E-state index contributed by atoms with van der Waals surface area (Å²) in [4.78, 5) is 40.6. The summed E-state index contributed by atoms with van der Waals surface area (Å²) in [6.07, 6.45) is 0. The molecule has 0 aliphatic carbocycles. The van der Waals surface area contributed by atoms with Crippen LogP contribution in [0.5, 0.6) is 0 Å². The third-order valence-electron chi connectivity index (χ3n) is 8.18. The number of benzene rings is 3. The average Bonchev–Trinajstić information content (AvgIpc) is 2.99. The Hall–Kier alpha value is -3.97. The number of nitrogens with zero attached hydrogens (tertiary/aromatic N) is 1. The Labute approximate surface area is 276 Å². The van der Waals surface area contributed by atoms with E-state index in [9.17, 15) is 14.4 Å². The zero-order valence-corrected chi connectivity index (χ0v) is 29.3. The maximum Gasteiger partial charge on any atom is 0.251 e. The minimum Gasteiger partial charge on any atom is -0.351 e. The largest absolute Gasteiger partial charge is 0.351 e. The lowest BCUT2D eigenvalue weighted by Crippen LogP contribution is -2.43. The van der Waals surface area contributed by atoms with Crippen molar-refractivity contribution in [3.8, 4) is 0 Å². The molecule has 3 aromatic carbocycles. The fourth-order valence-electron chi connectivity index (χ4n) is 4.99. The second kappa shape index (κ2) is 15.5. The molecule has 7 nitrogen and oxygen atoms in total. The Morgan fingerprint density at radius 2 is 0.652 bits per heavy atom. The van der Waals surface area contributed by atoms with Crippen molar-refractivity contribution in [3.63, 3.8) is 0 Å². The number of hydrogen-bond acceptors (Lipinski definition) is 4. The van der Waals surface area contributed by atoms with Gasteiger partial charge in [0.2, 0.25) is 0 Å². The lowest BCUT2D eigenvalue weighted by molar-refractivity contribution is 0.0948. The number of amides is 3. The summed E-state index contributed by atoms with van der Waals surface area (Å²) in [6.45, 7) is 22.3. The van der Waals surface area contributed by atoms with E-state index in [2.05, 4.69) is 83.2 Å². The maximum absolute atomic E-state index is 12.8. The fourth-order valence-corrected chi connectivity index (χ4v) is 4.99. The van der Waals surface area contributed by atoms with E-state index in [1.54, 1.807) is 0 Å². The third-order valence-corrected chi connectivity index (χ3v) is 8.18. The lowest BCUT2D eigenvalue weighted by Gasteiger charge is -2.23. The first-order valence-electron chi connectivity index (χ1n) is 16.3. The first-order chi connectivity index (χ1) is 21.4. The van der Waals surface area contributed by atoms with Crippen molar-refractivity contribution in [1.82, 2.24) is 20.9 Å². The smallest absolute Gasteiger partial charge is 0.251 e. The van der Waals surface area contributed by atoms with Gasteiger partial charge < -0.3 is 16.0 Å². The van der Waals surface area contributed by atoms with Gasteiger partial charge in [0.05, 0.1) is 0 Å². The molecule has 3 rings (SSSR count). The highest BCUT2D eigenvalue weighted by atomic mass is 16.2. The Bertz CT molecular complexity index is 1260. The average molecular weight is 627 g/mol. The summed E-state index contributed by atoms with van der Waals surface area (Å²) in [6, 6.07) is 23.2. The molecule has 46 heavy (non-hydrogen) atoms. The molecule has 0 aliphatic heterocycles. The van der Waals surface area contributed by atoms with Gasteiger partial charge in [-0.25, -0.2) is 0 Å². The van der Waals surface area contributed by atoms with Crippen molar-refractivity contribution in [2.45, 2.75) is 78.6 Å². The van der Waals surface area contributed by atoms with Crippen LogP contribution in [0.25, 0.3) is 0 Å². The SMILES string of the molecule is CC(C)(C)c1ccc(C(=O)NCCN(CCNC(=O)c2ccc(C(C)(C)C)cc2)CCNC(=O)c2ccc(C(C)(C)C)cc2)cc1. The second-order valence-electron chi connectivity index (χ2n) is 15.1. The molecule has 0 saturated carbocycles. The molecular weight excluding hydrogens is 572 g/mol. The fraction of sp³-hybridized carbons (Fsp3) is 0.462. The van der Waals surface area contributed by atoms with Gasteiger partial charge in [0, 0.05) is 56.0 Å². The van der Waals surface area contributed by atoms with Crippen LogP contribution in [0, 0.1) is 0 Å². The predicted molar refractivity (Wildman–Crippen MR) is 189 cm³/mol. The van der Waals surface area contributed by atoms with Crippen LogP contribution < -0.4 is 16.0 Å². The quantitative estimate of drug-likeness (QED) is 0.215. The van der Waals surface area contributed by atoms with Crippen LogP contribution in [0.4, 0.5) is 0 Å². The van der Waals surface area contributed by atoms with E-state index in [0.717, 1.165) is 0 Å². The van der Waals surface area contributed by atoms with Crippen molar-refractivity contribution in [3.05, 3.63) is 106 Å². The Morgan fingerprint density at radius 1 is 0.435 bits per heavy atom. The van der Waals surface area contributed by atoms with Gasteiger partial charge in [0.1, 0.15) is 0 Å². The summed E-state index contributed by atoms with van der Waals surface area (Å²) in [5.41, 5.74) is 5.44. The number of carbonyl (C=O) groups is 3. The van der Waals surface area contributed by atoms with Crippen LogP contribution in [0.15, 0.2) is 72.8 Å². The van der Waals surface area contributed by atoms with E-state index >= 15 is 0 Å². The summed E-state index contributed by atoms with van der Waals surface area (Å²) in [7, 11) is 0. The van der Waals surface area contributed by atoms with E-state index < -0.39 is 0 Å². The zero-order valence-electron chi connectivity index (χ0n) is 29.3. The zero-order chi connectivity index (χ0) is 34.1. The second-order valence-corrected chi connectivity index (χ2v) is 15.1. The van der Waals surface area contributed by atoms with Gasteiger partial charge in [-0.3, -0.25) is 19.3 Å². The molecule has 0 saturated heterocycles. The van der Waals surface area contributed by atoms with Gasteiger partial charge in [-0.15, -0.1) is 0 Å². The minimum absolute atomic E-state index is 0.0199. The van der Waals surface area contributed by atoms with Crippen molar-refractivity contribution < 1.29 is 14.4 Å². The first-order valence-corrected chi connectivity index (χ1v) is 16.3. The van der Waals surface area contributed by atoms with Crippen molar-refractivity contribution in [2.24, 2.45) is 0 Å². The van der Waals surface area contributed by atoms with Gasteiger partial charge in [0.25, 0.3) is 17.7 Å². The normalized spacial score (nSPS) is 12.1. The van der Waals surface area contributed by atoms with Crippen molar-refractivity contribution >= 4 is 17.7 Å². The van der Waals surface area contributed by atoms with E-state index in [1.807, 2.05) is 72.8 Å². The van der Waals surface area contributed by atoms with E-state index in [-0.39, 0.29) is 34.0 Å². The monoisotopic (exact) mass is 626 g/mol. The van der Waals surface area contributed by atoms with E-state index in [1.165, 1.54) is 16.7 Å². The Balaban J connectivity index is 1.57. The molecule has 0 unspecified atom stereocenters. The van der Waals surface area contributed by atoms with Crippen LogP contribution >= 0.6 is 0 Å². The molecule has 0 bridgehead atoms. The van der Waals surface area contributed by atoms with Crippen LogP contribution in [0.3, 0.4) is 0 Å². The van der Waals surface area contributed by atoms with Gasteiger partial charge >= 0.3 is 0 Å². The molecule has 0 aromatic heterocycles. The summed E-state index contributed by atoms with van der Waals surface area (Å²) in [5.74, 6) is -0.377. The van der Waals surface area contributed by atoms with Crippen LogP contribution in [0.1, 0.15) is 110 Å². The van der Waals surface area contributed by atoms with Gasteiger partial charge in [-0.05, 0) is 69.3 Å².